The Balaban J connectivity index is 1.53. The quantitative estimate of drug-likeness (QED) is 0.134. The number of nitrogens with one attached hydrogen (secondary N) is 2. The Bertz CT molecular complexity index is 1190. The molecule has 0 bridgehead atoms. The van der Waals surface area contributed by atoms with Gasteiger partial charge in [0.15, 0.2) is 16.6 Å². The molecule has 3 rings (SSSR count). The van der Waals surface area contributed by atoms with Gasteiger partial charge in [0.05, 0.1) is 18.3 Å². The Morgan fingerprint density at radius 2 is 1.78 bits per heavy atom. The average Bonchev–Trinajstić information content (AvgIpc) is 2.86. The standard InChI is InChI=1S/C28H32ClN3O3S/c1-19(2)23-11-10-20(3)14-25(23)34-12-13-35-27-24(29)15-22(16-26(27)33-4)18-31-32-28(36)30-17-21-8-6-5-7-9-21/h5-11,14-16,18-19H,12-13,17H2,1-4H3,(H2,30,32,36). The fourth-order valence-electron chi connectivity index (χ4n) is 3.48. The molecule has 2 N–H and O–H groups in total. The van der Waals surface area contributed by atoms with E-state index >= 15 is 0 Å². The molecular formula is C28H32ClN3O3S. The topological polar surface area (TPSA) is 64.1 Å². The molecule has 8 heteroatoms. The maximum absolute atomic E-state index is 6.49. The van der Waals surface area contributed by atoms with Gasteiger partial charge in [0, 0.05) is 6.54 Å². The molecule has 0 amide bonds. The van der Waals surface area contributed by atoms with Gasteiger partial charge in [-0.25, -0.2) is 0 Å². The third-order valence-corrected chi connectivity index (χ3v) is 5.82. The fourth-order valence-corrected chi connectivity index (χ4v) is 3.88. The molecule has 0 saturated carbocycles. The molecule has 190 valence electrons. The smallest absolute Gasteiger partial charge is 0.187 e. The van der Waals surface area contributed by atoms with E-state index < -0.39 is 0 Å². The van der Waals surface area contributed by atoms with E-state index in [0.717, 1.165) is 22.4 Å². The molecular weight excluding hydrogens is 494 g/mol. The Hall–Kier alpha value is -3.29. The van der Waals surface area contributed by atoms with Crippen LogP contribution in [0.5, 0.6) is 17.2 Å². The van der Waals surface area contributed by atoms with Crippen LogP contribution in [0, 0.1) is 6.92 Å². The van der Waals surface area contributed by atoms with Crippen molar-refractivity contribution in [1.82, 2.24) is 10.7 Å². The highest BCUT2D eigenvalue weighted by Gasteiger charge is 2.13. The van der Waals surface area contributed by atoms with Crippen LogP contribution in [0.3, 0.4) is 0 Å². The summed E-state index contributed by atoms with van der Waals surface area (Å²) < 4.78 is 17.4. The predicted molar refractivity (Wildman–Crippen MR) is 151 cm³/mol. The summed E-state index contributed by atoms with van der Waals surface area (Å²) in [6.45, 7) is 7.65. The normalized spacial score (nSPS) is 10.9. The number of hydrogen-bond donors (Lipinski definition) is 2. The number of rotatable bonds is 11. The van der Waals surface area contributed by atoms with E-state index in [9.17, 15) is 0 Å². The van der Waals surface area contributed by atoms with Crippen LogP contribution >= 0.6 is 23.8 Å². The molecule has 0 unspecified atom stereocenters. The highest BCUT2D eigenvalue weighted by atomic mass is 35.5. The number of thiocarbonyl (C=S) groups is 1. The summed E-state index contributed by atoms with van der Waals surface area (Å²) in [7, 11) is 1.57. The summed E-state index contributed by atoms with van der Waals surface area (Å²) in [6.07, 6.45) is 1.61. The lowest BCUT2D eigenvalue weighted by atomic mass is 10.0. The lowest BCUT2D eigenvalue weighted by Gasteiger charge is -2.16. The predicted octanol–water partition coefficient (Wildman–Crippen LogP) is 6.24. The van der Waals surface area contributed by atoms with Gasteiger partial charge in [0.2, 0.25) is 0 Å². The van der Waals surface area contributed by atoms with E-state index in [1.807, 2.05) is 43.3 Å². The van der Waals surface area contributed by atoms with Crippen molar-refractivity contribution in [3.8, 4) is 17.2 Å². The number of benzene rings is 3. The molecule has 0 radical (unpaired) electrons. The van der Waals surface area contributed by atoms with Crippen molar-refractivity contribution in [1.29, 1.82) is 0 Å². The van der Waals surface area contributed by atoms with Crippen LogP contribution in [0.15, 0.2) is 65.8 Å². The summed E-state index contributed by atoms with van der Waals surface area (Å²) >= 11 is 11.8. The molecule has 0 saturated heterocycles. The first-order chi connectivity index (χ1) is 17.4. The molecule has 3 aromatic carbocycles. The molecule has 0 heterocycles. The molecule has 0 aromatic heterocycles. The Morgan fingerprint density at radius 1 is 1.03 bits per heavy atom. The minimum Gasteiger partial charge on any atom is -0.493 e. The number of hydrazone groups is 1. The van der Waals surface area contributed by atoms with Gasteiger partial charge in [-0.15, -0.1) is 0 Å². The third kappa shape index (κ3) is 8.14. The zero-order valence-electron chi connectivity index (χ0n) is 21.0. The SMILES string of the molecule is COc1cc(C=NNC(=S)NCc2ccccc2)cc(Cl)c1OCCOc1cc(C)ccc1C(C)C. The van der Waals surface area contributed by atoms with Crippen LogP contribution in [-0.2, 0) is 6.54 Å². The molecule has 0 aliphatic carbocycles. The summed E-state index contributed by atoms with van der Waals surface area (Å²) in [4.78, 5) is 0. The van der Waals surface area contributed by atoms with Gasteiger partial charge in [0.25, 0.3) is 0 Å². The fraction of sp³-hybridized carbons (Fsp3) is 0.286. The van der Waals surface area contributed by atoms with Gasteiger partial charge in [-0.3, -0.25) is 5.43 Å². The van der Waals surface area contributed by atoms with Gasteiger partial charge < -0.3 is 19.5 Å². The van der Waals surface area contributed by atoms with E-state index in [-0.39, 0.29) is 0 Å². The van der Waals surface area contributed by atoms with Crippen molar-refractivity contribution in [3.63, 3.8) is 0 Å². The van der Waals surface area contributed by atoms with Crippen molar-refractivity contribution < 1.29 is 14.2 Å². The lowest BCUT2D eigenvalue weighted by Crippen LogP contribution is -2.31. The van der Waals surface area contributed by atoms with Gasteiger partial charge in [-0.05, 0) is 65.5 Å². The van der Waals surface area contributed by atoms with Crippen LogP contribution in [0.25, 0.3) is 0 Å². The summed E-state index contributed by atoms with van der Waals surface area (Å²) in [5, 5.41) is 8.12. The third-order valence-electron chi connectivity index (χ3n) is 5.31. The lowest BCUT2D eigenvalue weighted by molar-refractivity contribution is 0.210. The van der Waals surface area contributed by atoms with Gasteiger partial charge in [-0.2, -0.15) is 5.10 Å². The number of nitrogens with zero attached hydrogens (tertiary/aromatic N) is 1. The monoisotopic (exact) mass is 525 g/mol. The maximum atomic E-state index is 6.49. The first-order valence-corrected chi connectivity index (χ1v) is 12.5. The number of ether oxygens (including phenoxy) is 3. The molecule has 6 nitrogen and oxygen atoms in total. The molecule has 0 spiro atoms. The molecule has 0 aliphatic rings. The van der Waals surface area contributed by atoms with E-state index in [1.54, 1.807) is 25.5 Å². The van der Waals surface area contributed by atoms with Crippen LogP contribution in [0.1, 0.15) is 42.0 Å². The maximum Gasteiger partial charge on any atom is 0.187 e. The Kier molecular flexibility index (Phi) is 10.4. The van der Waals surface area contributed by atoms with Crippen LogP contribution < -0.4 is 25.0 Å². The Labute approximate surface area is 223 Å². The zero-order valence-corrected chi connectivity index (χ0v) is 22.6. The number of aryl methyl sites for hydroxylation is 1. The van der Waals surface area contributed by atoms with Crippen LogP contribution in [-0.4, -0.2) is 31.7 Å². The highest BCUT2D eigenvalue weighted by Crippen LogP contribution is 2.36. The molecule has 36 heavy (non-hydrogen) atoms. The van der Waals surface area contributed by atoms with Gasteiger partial charge >= 0.3 is 0 Å². The highest BCUT2D eigenvalue weighted by molar-refractivity contribution is 7.80. The summed E-state index contributed by atoms with van der Waals surface area (Å²) in [5.41, 5.74) is 6.99. The average molecular weight is 526 g/mol. The molecule has 0 aliphatic heterocycles. The van der Waals surface area contributed by atoms with Crippen molar-refractivity contribution in [3.05, 3.63) is 87.9 Å². The largest absolute Gasteiger partial charge is 0.493 e. The van der Waals surface area contributed by atoms with Crippen LogP contribution in [0.4, 0.5) is 0 Å². The number of hydrogen-bond acceptors (Lipinski definition) is 5. The first-order valence-electron chi connectivity index (χ1n) is 11.7. The Morgan fingerprint density at radius 3 is 2.50 bits per heavy atom. The van der Waals surface area contributed by atoms with E-state index in [4.69, 9.17) is 38.0 Å². The minimum absolute atomic E-state index is 0.317. The number of methoxy groups -OCH3 is 1. The van der Waals surface area contributed by atoms with Crippen LogP contribution in [0.2, 0.25) is 5.02 Å². The van der Waals surface area contributed by atoms with E-state index in [2.05, 4.69) is 41.8 Å². The van der Waals surface area contributed by atoms with E-state index in [1.165, 1.54) is 5.56 Å². The second kappa shape index (κ2) is 13.7. The van der Waals surface area contributed by atoms with Crippen molar-refractivity contribution in [2.24, 2.45) is 5.10 Å². The van der Waals surface area contributed by atoms with Crippen molar-refractivity contribution in [2.75, 3.05) is 20.3 Å². The number of halogens is 1. The second-order valence-corrected chi connectivity index (χ2v) is 9.28. The summed E-state index contributed by atoms with van der Waals surface area (Å²) in [5.74, 6) is 2.21. The molecule has 0 atom stereocenters. The minimum atomic E-state index is 0.317. The van der Waals surface area contributed by atoms with Crippen molar-refractivity contribution in [2.45, 2.75) is 33.2 Å². The first kappa shape index (κ1) is 27.3. The molecule has 3 aromatic rings. The summed E-state index contributed by atoms with van der Waals surface area (Å²) in [6, 6.07) is 19.8. The van der Waals surface area contributed by atoms with Gasteiger partial charge in [0.1, 0.15) is 19.0 Å². The second-order valence-electron chi connectivity index (χ2n) is 8.47. The van der Waals surface area contributed by atoms with Crippen molar-refractivity contribution >= 4 is 35.1 Å². The zero-order chi connectivity index (χ0) is 25.9. The van der Waals surface area contributed by atoms with Gasteiger partial charge in [-0.1, -0.05) is 67.9 Å². The van der Waals surface area contributed by atoms with E-state index in [0.29, 0.717) is 47.3 Å². The molecule has 0 fully saturated rings.